The maximum Gasteiger partial charge on any atom is 0.225 e. The number of hydrogen-bond donors (Lipinski definition) is 0. The zero-order valence-electron chi connectivity index (χ0n) is 11.2. The first-order valence-electron chi connectivity index (χ1n) is 5.88. The molecule has 0 aromatic heterocycles. The lowest BCUT2D eigenvalue weighted by Gasteiger charge is -2.37. The lowest BCUT2D eigenvalue weighted by atomic mass is 9.84. The van der Waals surface area contributed by atoms with Crippen LogP contribution in [-0.2, 0) is 10.0 Å². The average Bonchev–Trinajstić information content (AvgIpc) is 2.41. The Labute approximate surface area is 118 Å². The van der Waals surface area contributed by atoms with E-state index in [-0.39, 0.29) is 0 Å². The van der Waals surface area contributed by atoms with Crippen molar-refractivity contribution in [3.63, 3.8) is 0 Å². The summed E-state index contributed by atoms with van der Waals surface area (Å²) >= 11 is 0. The minimum atomic E-state index is -3.93. The summed E-state index contributed by atoms with van der Waals surface area (Å²) in [6, 6.07) is 5.47. The summed E-state index contributed by atoms with van der Waals surface area (Å²) in [5.74, 6) is -0.553. The van der Waals surface area contributed by atoms with Gasteiger partial charge in [-0.3, -0.25) is 0 Å². The topological polar surface area (TPSA) is 109 Å². The van der Waals surface area contributed by atoms with E-state index in [1.807, 2.05) is 6.07 Å². The first-order chi connectivity index (χ1) is 9.35. The normalized spacial score (nSPS) is 25.4. The number of nitriles is 3. The molecule has 1 rings (SSSR count). The van der Waals surface area contributed by atoms with Crippen molar-refractivity contribution in [2.24, 2.45) is 5.92 Å². The molecule has 0 spiro atoms. The molecule has 0 saturated carbocycles. The van der Waals surface area contributed by atoms with Gasteiger partial charge in [0.05, 0.1) is 18.2 Å². The van der Waals surface area contributed by atoms with Gasteiger partial charge in [0.1, 0.15) is 17.8 Å². The average molecular weight is 290 g/mol. The van der Waals surface area contributed by atoms with Gasteiger partial charge >= 0.3 is 0 Å². The predicted octanol–water partition coefficient (Wildman–Crippen LogP) is 1.08. The lowest BCUT2D eigenvalue weighted by Crippen LogP contribution is -2.50. The van der Waals surface area contributed by atoms with Crippen LogP contribution in [0.15, 0.2) is 23.8 Å². The molecule has 104 valence electrons. The van der Waals surface area contributed by atoms with Crippen molar-refractivity contribution >= 4 is 10.0 Å². The Hall–Kier alpha value is -2.14. The van der Waals surface area contributed by atoms with E-state index < -0.39 is 33.8 Å². The van der Waals surface area contributed by atoms with Crippen LogP contribution in [0, 0.1) is 39.9 Å². The highest BCUT2D eigenvalue weighted by molar-refractivity contribution is 7.90. The molecule has 0 aliphatic heterocycles. The van der Waals surface area contributed by atoms with E-state index in [4.69, 9.17) is 15.8 Å². The molecule has 0 aromatic rings. The summed E-state index contributed by atoms with van der Waals surface area (Å²) < 4.78 is 24.9. The second-order valence-corrected chi connectivity index (χ2v) is 6.93. The molecule has 0 radical (unpaired) electrons. The maximum atomic E-state index is 12.7. The summed E-state index contributed by atoms with van der Waals surface area (Å²) in [6.07, 6.45) is 4.59. The highest BCUT2D eigenvalue weighted by Crippen LogP contribution is 2.37. The van der Waals surface area contributed by atoms with Gasteiger partial charge in [-0.1, -0.05) is 19.1 Å². The van der Waals surface area contributed by atoms with Gasteiger partial charge in [-0.25, -0.2) is 8.42 Å². The van der Waals surface area contributed by atoms with E-state index >= 15 is 0 Å². The van der Waals surface area contributed by atoms with Gasteiger partial charge < -0.3 is 0 Å². The van der Waals surface area contributed by atoms with E-state index in [1.165, 1.54) is 19.1 Å². The van der Waals surface area contributed by atoms with Crippen LogP contribution in [0.4, 0.5) is 0 Å². The summed E-state index contributed by atoms with van der Waals surface area (Å²) in [5.41, 5.74) is 0.354. The second-order valence-electron chi connectivity index (χ2n) is 4.59. The predicted molar refractivity (Wildman–Crippen MR) is 72.1 cm³/mol. The standard InChI is InChI=1S/C13H14N4O2S/c1-11-12(10-16)4-3-5-13(11,2)20(18,19)17(8-6-14)9-7-15/h3-5,11H,8-9H2,1-2H3. The third kappa shape index (κ3) is 2.44. The van der Waals surface area contributed by atoms with E-state index in [9.17, 15) is 8.42 Å². The van der Waals surface area contributed by atoms with Crippen LogP contribution in [-0.4, -0.2) is 30.6 Å². The van der Waals surface area contributed by atoms with Crippen molar-refractivity contribution in [3.8, 4) is 18.2 Å². The first kappa shape index (κ1) is 15.9. The molecule has 0 amide bonds. The summed E-state index contributed by atoms with van der Waals surface area (Å²) in [5, 5.41) is 26.5. The molecule has 0 heterocycles. The second kappa shape index (κ2) is 5.88. The highest BCUT2D eigenvalue weighted by atomic mass is 32.2. The van der Waals surface area contributed by atoms with Gasteiger partial charge in [0.25, 0.3) is 0 Å². The van der Waals surface area contributed by atoms with Crippen LogP contribution >= 0.6 is 0 Å². The molecule has 1 aliphatic rings. The molecule has 20 heavy (non-hydrogen) atoms. The van der Waals surface area contributed by atoms with E-state index in [0.717, 1.165) is 4.31 Å². The number of allylic oxidation sites excluding steroid dienone is 3. The summed E-state index contributed by atoms with van der Waals surface area (Å²) in [7, 11) is -3.93. The Kier molecular flexibility index (Phi) is 4.68. The van der Waals surface area contributed by atoms with Crippen molar-refractivity contribution in [2.75, 3.05) is 13.1 Å². The minimum absolute atomic E-state index is 0.354. The molecule has 7 heteroatoms. The van der Waals surface area contributed by atoms with Gasteiger partial charge in [-0.15, -0.1) is 0 Å². The van der Waals surface area contributed by atoms with Crippen molar-refractivity contribution in [1.82, 2.24) is 4.31 Å². The van der Waals surface area contributed by atoms with Crippen LogP contribution in [0.1, 0.15) is 13.8 Å². The molecule has 1 aliphatic carbocycles. The minimum Gasteiger partial charge on any atom is -0.211 e. The van der Waals surface area contributed by atoms with Crippen LogP contribution in [0.2, 0.25) is 0 Å². The molecule has 6 nitrogen and oxygen atoms in total. The fourth-order valence-corrected chi connectivity index (χ4v) is 3.88. The SMILES string of the molecule is CC1C(C#N)=CC=CC1(C)S(=O)(=O)N(CC#N)CC#N. The Bertz CT molecular complexity index is 657. The van der Waals surface area contributed by atoms with Crippen molar-refractivity contribution in [2.45, 2.75) is 18.6 Å². The molecule has 0 fully saturated rings. The van der Waals surface area contributed by atoms with Crippen LogP contribution in [0.3, 0.4) is 0 Å². The Balaban J connectivity index is 3.31. The zero-order chi connectivity index (χ0) is 15.4. The fourth-order valence-electron chi connectivity index (χ4n) is 2.05. The van der Waals surface area contributed by atoms with E-state index in [1.54, 1.807) is 25.1 Å². The number of rotatable bonds is 4. The molecule has 2 atom stereocenters. The first-order valence-corrected chi connectivity index (χ1v) is 7.32. The highest BCUT2D eigenvalue weighted by Gasteiger charge is 2.47. The van der Waals surface area contributed by atoms with Gasteiger partial charge in [-0.05, 0) is 13.0 Å². The summed E-state index contributed by atoms with van der Waals surface area (Å²) in [4.78, 5) is 0. The van der Waals surface area contributed by atoms with Crippen molar-refractivity contribution < 1.29 is 8.42 Å². The molecule has 0 N–H and O–H groups in total. The largest absolute Gasteiger partial charge is 0.225 e. The number of hydrogen-bond acceptors (Lipinski definition) is 5. The van der Waals surface area contributed by atoms with Crippen molar-refractivity contribution in [3.05, 3.63) is 23.8 Å². The van der Waals surface area contributed by atoms with Crippen LogP contribution < -0.4 is 0 Å². The molecular weight excluding hydrogens is 276 g/mol. The van der Waals surface area contributed by atoms with Crippen LogP contribution in [0.5, 0.6) is 0 Å². The molecule has 0 aromatic carbocycles. The van der Waals surface area contributed by atoms with Gasteiger partial charge in [0.2, 0.25) is 10.0 Å². The quantitative estimate of drug-likeness (QED) is 0.720. The lowest BCUT2D eigenvalue weighted by molar-refractivity contribution is 0.428. The maximum absolute atomic E-state index is 12.7. The molecule has 0 saturated heterocycles. The fraction of sp³-hybridized carbons (Fsp3) is 0.462. The monoisotopic (exact) mass is 290 g/mol. The van der Waals surface area contributed by atoms with Gasteiger partial charge in [0.15, 0.2) is 0 Å². The molecule has 0 bridgehead atoms. The number of nitrogens with zero attached hydrogens (tertiary/aromatic N) is 4. The van der Waals surface area contributed by atoms with Gasteiger partial charge in [-0.2, -0.15) is 20.1 Å². The van der Waals surface area contributed by atoms with Crippen molar-refractivity contribution in [1.29, 1.82) is 15.8 Å². The molecular formula is C13H14N4O2S. The Morgan fingerprint density at radius 2 is 1.85 bits per heavy atom. The third-order valence-corrected chi connectivity index (χ3v) is 6.09. The van der Waals surface area contributed by atoms with E-state index in [0.29, 0.717) is 5.57 Å². The van der Waals surface area contributed by atoms with Crippen LogP contribution in [0.25, 0.3) is 0 Å². The van der Waals surface area contributed by atoms with E-state index in [2.05, 4.69) is 0 Å². The van der Waals surface area contributed by atoms with Gasteiger partial charge in [0, 0.05) is 11.5 Å². The smallest absolute Gasteiger partial charge is 0.211 e. The Morgan fingerprint density at radius 3 is 2.30 bits per heavy atom. The number of sulfonamides is 1. The molecule has 2 unspecified atom stereocenters. The summed E-state index contributed by atoms with van der Waals surface area (Å²) in [6.45, 7) is 2.36. The Morgan fingerprint density at radius 1 is 1.30 bits per heavy atom. The zero-order valence-corrected chi connectivity index (χ0v) is 12.1. The third-order valence-electron chi connectivity index (χ3n) is 3.55.